The largest absolute Gasteiger partial charge is 2.00 e. The first-order chi connectivity index (χ1) is 19.2. The number of rotatable bonds is 8. The summed E-state index contributed by atoms with van der Waals surface area (Å²) in [5, 5.41) is 21.7. The Labute approximate surface area is 253 Å². The molecule has 220 valence electrons. The predicted octanol–water partition coefficient (Wildman–Crippen LogP) is 0.562. The number of carboxylic acids is 2. The minimum atomic E-state index is -1.22. The van der Waals surface area contributed by atoms with Gasteiger partial charge in [-0.15, -0.1) is 0 Å². The number of hydrogen-bond donors (Lipinski definition) is 3. The second-order valence-corrected chi connectivity index (χ2v) is 9.08. The van der Waals surface area contributed by atoms with Crippen molar-refractivity contribution >= 4 is 40.9 Å². The summed E-state index contributed by atoms with van der Waals surface area (Å²) in [5.41, 5.74) is 11.6. The molecule has 0 saturated carbocycles. The van der Waals surface area contributed by atoms with Crippen LogP contribution in [0.4, 0.5) is 5.69 Å². The number of likely N-dealkylation sites (tertiary alicyclic amines) is 1. The summed E-state index contributed by atoms with van der Waals surface area (Å²) in [6.07, 6.45) is 1.77. The smallest absolute Gasteiger partial charge is 0.549 e. The minimum absolute atomic E-state index is 0. The van der Waals surface area contributed by atoms with Crippen molar-refractivity contribution in [1.82, 2.24) is 4.90 Å². The molecule has 1 heterocycles. The number of anilines is 1. The van der Waals surface area contributed by atoms with Gasteiger partial charge in [-0.3, -0.25) is 14.5 Å². The molecule has 0 aliphatic carbocycles. The second-order valence-electron chi connectivity index (χ2n) is 8.64. The van der Waals surface area contributed by atoms with E-state index in [1.54, 1.807) is 30.3 Å². The van der Waals surface area contributed by atoms with Gasteiger partial charge >= 0.3 is 16.5 Å². The van der Waals surface area contributed by atoms with Gasteiger partial charge < -0.3 is 36.6 Å². The number of nitrogens with two attached hydrogens (primary N) is 2. The number of nitrogens with one attached hydrogen (secondary N) is 1. The third kappa shape index (κ3) is 12.2. The number of hydrogen-bond acceptors (Lipinski definition) is 9. The summed E-state index contributed by atoms with van der Waals surface area (Å²) in [6.45, 7) is 0.832. The Morgan fingerprint density at radius 3 is 1.95 bits per heavy atom. The fourth-order valence-corrected chi connectivity index (χ4v) is 4.08. The predicted molar refractivity (Wildman–Crippen MR) is 148 cm³/mol. The first kappa shape index (κ1) is 35.4. The first-order valence-corrected chi connectivity index (χ1v) is 12.8. The summed E-state index contributed by atoms with van der Waals surface area (Å²) in [6, 6.07) is 23.9. The van der Waals surface area contributed by atoms with E-state index in [4.69, 9.17) is 31.4 Å². The zero-order chi connectivity index (χ0) is 29.5. The Morgan fingerprint density at radius 2 is 1.41 bits per heavy atom. The minimum Gasteiger partial charge on any atom is -0.549 e. The van der Waals surface area contributed by atoms with Crippen molar-refractivity contribution in [3.05, 3.63) is 101 Å². The Hall–Kier alpha value is -3.60. The number of benzene rings is 3. The summed E-state index contributed by atoms with van der Waals surface area (Å²) in [5.74, 6) is -2.69. The van der Waals surface area contributed by atoms with E-state index in [1.165, 1.54) is 5.56 Å². The molecule has 41 heavy (non-hydrogen) atoms. The fraction of sp³-hybridized carbons (Fsp3) is 0.241. The van der Waals surface area contributed by atoms with Crippen LogP contribution in [0.3, 0.4) is 0 Å². The van der Waals surface area contributed by atoms with Crippen molar-refractivity contribution in [3.8, 4) is 0 Å². The van der Waals surface area contributed by atoms with Gasteiger partial charge in [0.1, 0.15) is 0 Å². The molecule has 0 aromatic heterocycles. The molecule has 3 aromatic carbocycles. The van der Waals surface area contributed by atoms with Crippen LogP contribution < -0.4 is 27.0 Å². The van der Waals surface area contributed by atoms with Crippen molar-refractivity contribution in [2.45, 2.75) is 25.4 Å². The standard InChI is InChI=1S/C25H23ClN2O2.2C2H5NO2.Ni/c26-20-13-14-22(21(16-20)24(29)19-10-5-2-6-11-19)27-25(30)23-12-7-15-28(23)17-18-8-3-1-4-9-18;2*3-1-2(4)5;/h1-6,8-11,13-14,16,23H,7,12,15,17H2,(H,27,30);2*1,3H2,(H,4,5);/q;;;+2/p-2/t23-;;;/m0.../s1. The third-order valence-corrected chi connectivity index (χ3v) is 5.98. The van der Waals surface area contributed by atoms with Gasteiger partial charge in [-0.2, -0.15) is 0 Å². The normalized spacial score (nSPS) is 13.8. The van der Waals surface area contributed by atoms with Crippen molar-refractivity contribution < 1.29 is 45.9 Å². The van der Waals surface area contributed by atoms with Crippen LogP contribution in [0.25, 0.3) is 0 Å². The van der Waals surface area contributed by atoms with Gasteiger partial charge in [0.05, 0.1) is 23.7 Å². The van der Waals surface area contributed by atoms with Gasteiger partial charge in [-0.1, -0.05) is 72.3 Å². The molecule has 3 aromatic rings. The molecule has 1 fully saturated rings. The Bertz CT molecular complexity index is 1270. The Balaban J connectivity index is 0.000000661. The van der Waals surface area contributed by atoms with Crippen molar-refractivity contribution in [2.75, 3.05) is 25.0 Å². The van der Waals surface area contributed by atoms with Crippen LogP contribution >= 0.6 is 11.6 Å². The molecule has 0 unspecified atom stereocenters. The molecule has 1 aliphatic rings. The van der Waals surface area contributed by atoms with E-state index in [0.29, 0.717) is 21.8 Å². The summed E-state index contributed by atoms with van der Waals surface area (Å²) < 4.78 is 0. The van der Waals surface area contributed by atoms with Crippen LogP contribution in [0.1, 0.15) is 34.3 Å². The van der Waals surface area contributed by atoms with Crippen LogP contribution in [-0.2, 0) is 37.4 Å². The van der Waals surface area contributed by atoms with Crippen molar-refractivity contribution in [3.63, 3.8) is 0 Å². The number of carbonyl (C=O) groups is 4. The van der Waals surface area contributed by atoms with Crippen LogP contribution in [0.2, 0.25) is 5.02 Å². The molecule has 4 rings (SSSR count). The number of carboxylic acid groups (broad SMARTS) is 2. The number of carbonyl (C=O) groups excluding carboxylic acids is 4. The molecule has 0 spiro atoms. The third-order valence-electron chi connectivity index (χ3n) is 5.75. The van der Waals surface area contributed by atoms with E-state index in [0.717, 1.165) is 25.9 Å². The molecular weight excluding hydrogens is 594 g/mol. The molecule has 10 nitrogen and oxygen atoms in total. The summed E-state index contributed by atoms with van der Waals surface area (Å²) in [4.78, 5) is 46.6. The number of nitrogens with zero attached hydrogens (tertiary/aromatic N) is 1. The van der Waals surface area contributed by atoms with Gasteiger partial charge in [0.15, 0.2) is 5.78 Å². The maximum atomic E-state index is 13.1. The number of ketones is 1. The van der Waals surface area contributed by atoms with Crippen molar-refractivity contribution in [1.29, 1.82) is 0 Å². The monoisotopic (exact) mass is 624 g/mol. The second kappa shape index (κ2) is 18.7. The maximum absolute atomic E-state index is 13.1. The number of aliphatic carboxylic acids is 2. The van der Waals surface area contributed by atoms with Gasteiger partial charge in [0.2, 0.25) is 5.91 Å². The van der Waals surface area contributed by atoms with Crippen LogP contribution in [-0.4, -0.2) is 54.2 Å². The molecule has 1 atom stereocenters. The van der Waals surface area contributed by atoms with Crippen molar-refractivity contribution in [2.24, 2.45) is 11.5 Å². The quantitative estimate of drug-likeness (QED) is 0.238. The molecule has 1 amide bonds. The fourth-order valence-electron chi connectivity index (χ4n) is 3.90. The molecule has 12 heteroatoms. The van der Waals surface area contributed by atoms with E-state index in [9.17, 15) is 9.59 Å². The molecule has 5 N–H and O–H groups in total. The number of halogens is 1. The maximum Gasteiger partial charge on any atom is 2.00 e. The van der Waals surface area contributed by atoms with E-state index in [1.807, 2.05) is 36.4 Å². The van der Waals surface area contributed by atoms with E-state index >= 15 is 0 Å². The zero-order valence-electron chi connectivity index (χ0n) is 22.1. The van der Waals surface area contributed by atoms with E-state index < -0.39 is 11.9 Å². The number of amides is 1. The Morgan fingerprint density at radius 1 is 0.878 bits per heavy atom. The zero-order valence-corrected chi connectivity index (χ0v) is 23.8. The van der Waals surface area contributed by atoms with Gasteiger partial charge in [-0.25, -0.2) is 0 Å². The van der Waals surface area contributed by atoms with Gasteiger partial charge in [0, 0.05) is 35.8 Å². The average Bonchev–Trinajstić information content (AvgIpc) is 3.43. The first-order valence-electron chi connectivity index (χ1n) is 12.4. The molecule has 1 aliphatic heterocycles. The average molecular weight is 626 g/mol. The van der Waals surface area contributed by atoms with Crippen LogP contribution in [0, 0.1) is 0 Å². The Kier molecular flexibility index (Phi) is 16.2. The van der Waals surface area contributed by atoms with Gasteiger partial charge in [0.25, 0.3) is 0 Å². The SMILES string of the molecule is NCC(=O)[O-].NCC(=O)[O-].O=C(c1ccccc1)c1cc(Cl)ccc1NC(=O)[C@@H]1CCCN1Cc1ccccc1.[Ni+2]. The molecule has 1 saturated heterocycles. The molecule has 0 radical (unpaired) electrons. The van der Waals surface area contributed by atoms with Crippen LogP contribution in [0.15, 0.2) is 78.9 Å². The van der Waals surface area contributed by atoms with E-state index in [2.05, 4.69) is 33.8 Å². The summed E-state index contributed by atoms with van der Waals surface area (Å²) in [7, 11) is 0. The van der Waals surface area contributed by atoms with E-state index in [-0.39, 0.29) is 47.3 Å². The topological polar surface area (TPSA) is 182 Å². The molecule has 0 bridgehead atoms. The molecular formula is C29H31ClN4NiO6. The van der Waals surface area contributed by atoms with Crippen LogP contribution in [0.5, 0.6) is 0 Å². The summed E-state index contributed by atoms with van der Waals surface area (Å²) >= 11 is 6.15. The van der Waals surface area contributed by atoms with Gasteiger partial charge in [-0.05, 0) is 43.1 Å².